The normalized spacial score (nSPS) is 15.2. The second-order valence-corrected chi connectivity index (χ2v) is 7.29. The number of pyridine rings is 1. The molecule has 1 aliphatic carbocycles. The average Bonchev–Trinajstić information content (AvgIpc) is 2.79. The lowest BCUT2D eigenvalue weighted by molar-refractivity contribution is 0.0962. The lowest BCUT2D eigenvalue weighted by Gasteiger charge is -2.27. The van der Waals surface area contributed by atoms with Gasteiger partial charge in [0.05, 0.1) is 14.2 Å². The summed E-state index contributed by atoms with van der Waals surface area (Å²) >= 11 is 0. The SMILES string of the molecule is COc1ccc(C2CC(=O)c3cc(C#N)c(=O)n(-c4ccc(F)cc4)c3C2)cc1OC. The molecule has 0 fully saturated rings. The maximum absolute atomic E-state index is 13.5. The highest BCUT2D eigenvalue weighted by atomic mass is 19.1. The predicted molar refractivity (Wildman–Crippen MR) is 112 cm³/mol. The van der Waals surface area contributed by atoms with Gasteiger partial charge in [-0.15, -0.1) is 0 Å². The van der Waals surface area contributed by atoms with Gasteiger partial charge in [0.2, 0.25) is 0 Å². The van der Waals surface area contributed by atoms with Crippen molar-refractivity contribution in [1.82, 2.24) is 4.57 Å². The first-order valence-corrected chi connectivity index (χ1v) is 9.67. The summed E-state index contributed by atoms with van der Waals surface area (Å²) in [6.45, 7) is 0. The molecular formula is C24H19FN2O4. The highest BCUT2D eigenvalue weighted by molar-refractivity contribution is 5.99. The second kappa shape index (κ2) is 8.07. The van der Waals surface area contributed by atoms with E-state index in [0.29, 0.717) is 34.9 Å². The van der Waals surface area contributed by atoms with E-state index in [0.717, 1.165) is 5.56 Å². The number of Topliss-reactive ketones (excluding diaryl/α,β-unsaturated/α-hetero) is 1. The van der Waals surface area contributed by atoms with Crippen LogP contribution < -0.4 is 15.0 Å². The van der Waals surface area contributed by atoms with Crippen LogP contribution in [0.3, 0.4) is 0 Å². The maximum atomic E-state index is 13.5. The second-order valence-electron chi connectivity index (χ2n) is 7.29. The minimum Gasteiger partial charge on any atom is -0.493 e. The lowest BCUT2D eigenvalue weighted by atomic mass is 9.81. The molecule has 31 heavy (non-hydrogen) atoms. The van der Waals surface area contributed by atoms with Gasteiger partial charge in [-0.25, -0.2) is 4.39 Å². The van der Waals surface area contributed by atoms with Crippen molar-refractivity contribution in [3.05, 3.63) is 87.1 Å². The van der Waals surface area contributed by atoms with Crippen molar-refractivity contribution >= 4 is 5.78 Å². The molecule has 7 heteroatoms. The summed E-state index contributed by atoms with van der Waals surface area (Å²) in [6, 6.07) is 14.1. The summed E-state index contributed by atoms with van der Waals surface area (Å²) in [7, 11) is 3.09. The van der Waals surface area contributed by atoms with Crippen LogP contribution in [0.4, 0.5) is 4.39 Å². The Labute approximate surface area is 178 Å². The van der Waals surface area contributed by atoms with Gasteiger partial charge in [0.1, 0.15) is 17.4 Å². The third-order valence-electron chi connectivity index (χ3n) is 5.56. The van der Waals surface area contributed by atoms with Gasteiger partial charge < -0.3 is 9.47 Å². The fourth-order valence-electron chi connectivity index (χ4n) is 4.02. The number of ketones is 1. The van der Waals surface area contributed by atoms with E-state index in [1.165, 1.54) is 34.9 Å². The highest BCUT2D eigenvalue weighted by Gasteiger charge is 2.31. The standard InChI is InChI=1S/C24H19FN2O4/c1-30-22-8-3-14(12-23(22)31-2)15-10-20-19(21(28)11-15)9-16(13-26)24(29)27(20)18-6-4-17(25)5-7-18/h3-9,12,15H,10-11H2,1-2H3. The molecule has 0 radical (unpaired) electrons. The van der Waals surface area contributed by atoms with Crippen LogP contribution in [-0.4, -0.2) is 24.6 Å². The fourth-order valence-corrected chi connectivity index (χ4v) is 4.02. The Morgan fingerprint density at radius 3 is 2.35 bits per heavy atom. The number of benzene rings is 2. The Bertz CT molecular complexity index is 1270. The van der Waals surface area contributed by atoms with Crippen LogP contribution in [0.1, 0.15) is 39.5 Å². The highest BCUT2D eigenvalue weighted by Crippen LogP contribution is 2.37. The van der Waals surface area contributed by atoms with Gasteiger partial charge in [0.25, 0.3) is 5.56 Å². The van der Waals surface area contributed by atoms with Gasteiger partial charge in [-0.3, -0.25) is 14.2 Å². The molecule has 1 heterocycles. The van der Waals surface area contributed by atoms with Gasteiger partial charge in [0, 0.05) is 23.4 Å². The molecule has 0 N–H and O–H groups in total. The molecule has 2 aromatic carbocycles. The van der Waals surface area contributed by atoms with Crippen LogP contribution in [0.25, 0.3) is 5.69 Å². The van der Waals surface area contributed by atoms with Crippen molar-refractivity contribution in [2.24, 2.45) is 0 Å². The van der Waals surface area contributed by atoms with Crippen LogP contribution in [0.2, 0.25) is 0 Å². The first-order chi connectivity index (χ1) is 15.0. The van der Waals surface area contributed by atoms with Crippen LogP contribution in [0.15, 0.2) is 53.3 Å². The van der Waals surface area contributed by atoms with Crippen LogP contribution >= 0.6 is 0 Å². The zero-order chi connectivity index (χ0) is 22.1. The van der Waals surface area contributed by atoms with Gasteiger partial charge >= 0.3 is 0 Å². The van der Waals surface area contributed by atoms with E-state index in [9.17, 15) is 19.2 Å². The van der Waals surface area contributed by atoms with Crippen molar-refractivity contribution in [3.63, 3.8) is 0 Å². The number of methoxy groups -OCH3 is 2. The molecule has 1 atom stereocenters. The van der Waals surface area contributed by atoms with E-state index in [1.54, 1.807) is 20.3 Å². The number of hydrogen-bond acceptors (Lipinski definition) is 5. The molecule has 0 bridgehead atoms. The molecule has 0 spiro atoms. The molecule has 1 aromatic heterocycles. The summed E-state index contributed by atoms with van der Waals surface area (Å²) in [6.07, 6.45) is 0.629. The van der Waals surface area contributed by atoms with E-state index in [4.69, 9.17) is 9.47 Å². The van der Waals surface area contributed by atoms with E-state index >= 15 is 0 Å². The molecule has 1 aliphatic rings. The molecule has 6 nitrogen and oxygen atoms in total. The van der Waals surface area contributed by atoms with Gasteiger partial charge in [-0.1, -0.05) is 6.07 Å². The molecule has 156 valence electrons. The smallest absolute Gasteiger partial charge is 0.273 e. The molecule has 0 amide bonds. The fraction of sp³-hybridized carbons (Fsp3) is 0.208. The first-order valence-electron chi connectivity index (χ1n) is 9.67. The maximum Gasteiger partial charge on any atom is 0.273 e. The molecule has 0 saturated heterocycles. The van der Waals surface area contributed by atoms with Crippen molar-refractivity contribution in [2.45, 2.75) is 18.8 Å². The van der Waals surface area contributed by atoms with Crippen molar-refractivity contribution < 1.29 is 18.7 Å². The number of nitrogens with zero attached hydrogens (tertiary/aromatic N) is 2. The largest absolute Gasteiger partial charge is 0.493 e. The number of halogens is 1. The summed E-state index contributed by atoms with van der Waals surface area (Å²) < 4.78 is 25.5. The lowest BCUT2D eigenvalue weighted by Crippen LogP contribution is -2.31. The number of rotatable bonds is 4. The summed E-state index contributed by atoms with van der Waals surface area (Å²) in [5.74, 6) is 0.332. The summed E-state index contributed by atoms with van der Waals surface area (Å²) in [5.41, 5.74) is 1.47. The Morgan fingerprint density at radius 2 is 1.71 bits per heavy atom. The number of carbonyl (C=O) groups excluding carboxylic acids is 1. The van der Waals surface area contributed by atoms with Gasteiger partial charge in [0.15, 0.2) is 17.3 Å². The molecule has 1 unspecified atom stereocenters. The molecule has 0 aliphatic heterocycles. The number of hydrogen-bond donors (Lipinski definition) is 0. The first kappa shape index (κ1) is 20.4. The topological polar surface area (TPSA) is 81.3 Å². The van der Waals surface area contributed by atoms with Crippen molar-refractivity contribution in [3.8, 4) is 23.3 Å². The quantitative estimate of drug-likeness (QED) is 0.644. The summed E-state index contributed by atoms with van der Waals surface area (Å²) in [5, 5.41) is 9.40. The number of aromatic nitrogens is 1. The number of nitriles is 1. The third kappa shape index (κ3) is 3.57. The number of carbonyl (C=O) groups is 1. The van der Waals surface area contributed by atoms with E-state index in [2.05, 4.69) is 0 Å². The Kier molecular flexibility index (Phi) is 5.30. The molecule has 3 aromatic rings. The van der Waals surface area contributed by atoms with Gasteiger partial charge in [-0.2, -0.15) is 5.26 Å². The Balaban J connectivity index is 1.87. The molecule has 4 rings (SSSR count). The predicted octanol–water partition coefficient (Wildman–Crippen LogP) is 3.78. The number of fused-ring (bicyclic) bond motifs is 1. The molecular weight excluding hydrogens is 399 g/mol. The van der Waals surface area contributed by atoms with Crippen LogP contribution in [0.5, 0.6) is 11.5 Å². The van der Waals surface area contributed by atoms with Crippen LogP contribution in [0, 0.1) is 17.1 Å². The number of ether oxygens (including phenoxy) is 2. The van der Waals surface area contributed by atoms with Crippen molar-refractivity contribution in [2.75, 3.05) is 14.2 Å². The average molecular weight is 418 g/mol. The Morgan fingerprint density at radius 1 is 1.00 bits per heavy atom. The third-order valence-corrected chi connectivity index (χ3v) is 5.56. The van der Waals surface area contributed by atoms with E-state index < -0.39 is 11.4 Å². The Hall–Kier alpha value is -3.92. The molecule has 0 saturated carbocycles. The minimum absolute atomic E-state index is 0.124. The van der Waals surface area contributed by atoms with Crippen LogP contribution in [-0.2, 0) is 6.42 Å². The monoisotopic (exact) mass is 418 g/mol. The zero-order valence-electron chi connectivity index (χ0n) is 17.0. The zero-order valence-corrected chi connectivity index (χ0v) is 17.0. The van der Waals surface area contributed by atoms with Gasteiger partial charge in [-0.05, 0) is 60.4 Å². The van der Waals surface area contributed by atoms with E-state index in [1.807, 2.05) is 18.2 Å². The minimum atomic E-state index is -0.534. The van der Waals surface area contributed by atoms with Crippen molar-refractivity contribution in [1.29, 1.82) is 5.26 Å². The van der Waals surface area contributed by atoms with E-state index in [-0.39, 0.29) is 23.7 Å². The summed E-state index contributed by atoms with van der Waals surface area (Å²) in [4.78, 5) is 26.0.